The van der Waals surface area contributed by atoms with Gasteiger partial charge in [-0.05, 0) is 37.1 Å². The first-order valence-corrected chi connectivity index (χ1v) is 5.49. The van der Waals surface area contributed by atoms with Gasteiger partial charge < -0.3 is 10.6 Å². The average molecular weight is 233 g/mol. The van der Waals surface area contributed by atoms with Gasteiger partial charge in [0.25, 0.3) is 5.91 Å². The van der Waals surface area contributed by atoms with Crippen LogP contribution in [-0.2, 0) is 4.79 Å². The highest BCUT2D eigenvalue weighted by Gasteiger charge is 2.25. The zero-order valence-electron chi connectivity index (χ0n) is 9.83. The molecule has 0 radical (unpaired) electrons. The lowest BCUT2D eigenvalue weighted by Crippen LogP contribution is -2.57. The molecule has 17 heavy (non-hydrogen) atoms. The molecule has 90 valence electrons. The highest BCUT2D eigenvalue weighted by atomic mass is 16.2. The minimum absolute atomic E-state index is 0.299. The van der Waals surface area contributed by atoms with Gasteiger partial charge in [-0.15, -0.1) is 0 Å². The molecular formula is C12H15N3O2. The molecule has 1 aromatic carbocycles. The van der Waals surface area contributed by atoms with Crippen molar-refractivity contribution in [2.75, 3.05) is 11.9 Å². The number of urea groups is 1. The van der Waals surface area contributed by atoms with E-state index in [0.29, 0.717) is 6.54 Å². The molecule has 1 aliphatic rings. The van der Waals surface area contributed by atoms with Gasteiger partial charge >= 0.3 is 6.03 Å². The molecule has 1 saturated heterocycles. The summed E-state index contributed by atoms with van der Waals surface area (Å²) in [7, 11) is 0. The molecule has 0 bridgehead atoms. The fraction of sp³-hybridized carbons (Fsp3) is 0.333. The molecule has 1 fully saturated rings. The van der Waals surface area contributed by atoms with Crippen molar-refractivity contribution >= 4 is 17.6 Å². The Morgan fingerprint density at radius 2 is 2.00 bits per heavy atom. The van der Waals surface area contributed by atoms with Gasteiger partial charge in [-0.1, -0.05) is 6.07 Å². The second-order valence-electron chi connectivity index (χ2n) is 4.20. The number of imide groups is 1. The Morgan fingerprint density at radius 3 is 2.65 bits per heavy atom. The van der Waals surface area contributed by atoms with Crippen LogP contribution in [0.5, 0.6) is 0 Å². The van der Waals surface area contributed by atoms with Crippen LogP contribution in [0.4, 0.5) is 10.5 Å². The van der Waals surface area contributed by atoms with Gasteiger partial charge in [-0.2, -0.15) is 0 Å². The van der Waals surface area contributed by atoms with Crippen LogP contribution in [0, 0.1) is 13.8 Å². The molecule has 0 spiro atoms. The Morgan fingerprint density at radius 1 is 1.24 bits per heavy atom. The number of carbonyl (C=O) groups excluding carboxylic acids is 2. The number of hydrogen-bond acceptors (Lipinski definition) is 3. The first-order chi connectivity index (χ1) is 8.06. The molecule has 5 heteroatoms. The van der Waals surface area contributed by atoms with Crippen LogP contribution in [-0.4, -0.2) is 24.5 Å². The Balaban J connectivity index is 2.08. The van der Waals surface area contributed by atoms with Crippen LogP contribution in [0.25, 0.3) is 0 Å². The number of benzene rings is 1. The first-order valence-electron chi connectivity index (χ1n) is 5.49. The largest absolute Gasteiger partial charge is 0.372 e. The number of hydrogen-bond donors (Lipinski definition) is 3. The van der Waals surface area contributed by atoms with E-state index < -0.39 is 12.1 Å². The Bertz CT molecular complexity index is 471. The number of amides is 3. The van der Waals surface area contributed by atoms with Gasteiger partial charge in [-0.3, -0.25) is 10.1 Å². The van der Waals surface area contributed by atoms with Crippen LogP contribution < -0.4 is 16.0 Å². The molecule has 1 atom stereocenters. The minimum Gasteiger partial charge on any atom is -0.372 e. The maximum atomic E-state index is 11.5. The summed E-state index contributed by atoms with van der Waals surface area (Å²) in [5.74, 6) is -0.299. The Labute approximate surface area is 99.6 Å². The van der Waals surface area contributed by atoms with E-state index in [-0.39, 0.29) is 5.91 Å². The summed E-state index contributed by atoms with van der Waals surface area (Å²) in [5.41, 5.74) is 3.25. The molecule has 0 unspecified atom stereocenters. The van der Waals surface area contributed by atoms with Crippen molar-refractivity contribution in [2.24, 2.45) is 0 Å². The number of carbonyl (C=O) groups is 2. The number of rotatable bonds is 2. The maximum absolute atomic E-state index is 11.5. The summed E-state index contributed by atoms with van der Waals surface area (Å²) >= 11 is 0. The van der Waals surface area contributed by atoms with Gasteiger partial charge in [0.1, 0.15) is 6.04 Å². The minimum atomic E-state index is -0.437. The molecule has 5 nitrogen and oxygen atoms in total. The third-order valence-corrected chi connectivity index (χ3v) is 2.87. The maximum Gasteiger partial charge on any atom is 0.321 e. The average Bonchev–Trinajstić information content (AvgIpc) is 2.27. The third kappa shape index (κ3) is 2.55. The van der Waals surface area contributed by atoms with Gasteiger partial charge in [0, 0.05) is 12.2 Å². The second-order valence-corrected chi connectivity index (χ2v) is 4.20. The van der Waals surface area contributed by atoms with E-state index in [2.05, 4.69) is 16.0 Å². The van der Waals surface area contributed by atoms with Crippen molar-refractivity contribution in [3.05, 3.63) is 29.3 Å². The lowest BCUT2D eigenvalue weighted by atomic mass is 10.1. The smallest absolute Gasteiger partial charge is 0.321 e. The number of anilines is 1. The van der Waals surface area contributed by atoms with Gasteiger partial charge in [-0.25, -0.2) is 4.79 Å². The van der Waals surface area contributed by atoms with Crippen molar-refractivity contribution < 1.29 is 9.59 Å². The molecule has 0 saturated carbocycles. The molecule has 1 aromatic rings. The summed E-state index contributed by atoms with van der Waals surface area (Å²) in [6.45, 7) is 4.35. The van der Waals surface area contributed by atoms with Crippen LogP contribution in [0.2, 0.25) is 0 Å². The SMILES string of the molecule is Cc1ccc(N[C@H]2CNC(=O)NC2=O)cc1C. The molecule has 0 aliphatic carbocycles. The fourth-order valence-electron chi connectivity index (χ4n) is 1.68. The Kier molecular flexibility index (Phi) is 2.99. The van der Waals surface area contributed by atoms with Crippen molar-refractivity contribution in [3.63, 3.8) is 0 Å². The van der Waals surface area contributed by atoms with Crippen LogP contribution in [0.15, 0.2) is 18.2 Å². The van der Waals surface area contributed by atoms with Gasteiger partial charge in [0.15, 0.2) is 0 Å². The Hall–Kier alpha value is -2.04. The second kappa shape index (κ2) is 4.45. The topological polar surface area (TPSA) is 70.2 Å². The summed E-state index contributed by atoms with van der Waals surface area (Å²) in [6, 6.07) is 5.05. The van der Waals surface area contributed by atoms with E-state index in [0.717, 1.165) is 11.3 Å². The van der Waals surface area contributed by atoms with E-state index >= 15 is 0 Å². The summed E-state index contributed by atoms with van der Waals surface area (Å²) in [6.07, 6.45) is 0. The monoisotopic (exact) mass is 233 g/mol. The van der Waals surface area contributed by atoms with Gasteiger partial charge in [0.05, 0.1) is 0 Å². The molecule has 3 amide bonds. The lowest BCUT2D eigenvalue weighted by Gasteiger charge is -2.24. The van der Waals surface area contributed by atoms with E-state index in [9.17, 15) is 9.59 Å². The molecule has 1 heterocycles. The van der Waals surface area contributed by atoms with E-state index in [1.807, 2.05) is 32.0 Å². The van der Waals surface area contributed by atoms with Crippen molar-refractivity contribution in [3.8, 4) is 0 Å². The van der Waals surface area contributed by atoms with Gasteiger partial charge in [0.2, 0.25) is 0 Å². The summed E-state index contributed by atoms with van der Waals surface area (Å²) in [5, 5.41) is 7.89. The summed E-state index contributed by atoms with van der Waals surface area (Å²) in [4.78, 5) is 22.4. The van der Waals surface area contributed by atoms with Crippen LogP contribution in [0.1, 0.15) is 11.1 Å². The molecule has 1 aliphatic heterocycles. The third-order valence-electron chi connectivity index (χ3n) is 2.87. The van der Waals surface area contributed by atoms with E-state index in [1.54, 1.807) is 0 Å². The van der Waals surface area contributed by atoms with Crippen LogP contribution in [0.3, 0.4) is 0 Å². The summed E-state index contributed by atoms with van der Waals surface area (Å²) < 4.78 is 0. The predicted octanol–water partition coefficient (Wildman–Crippen LogP) is 0.923. The molecule has 3 N–H and O–H groups in total. The molecular weight excluding hydrogens is 218 g/mol. The van der Waals surface area contributed by atoms with E-state index in [1.165, 1.54) is 5.56 Å². The standard InChI is InChI=1S/C12H15N3O2/c1-7-3-4-9(5-8(7)2)14-10-6-13-12(17)15-11(10)16/h3-5,10,14H,6H2,1-2H3,(H2,13,15,16,17)/t10-/m0/s1. The van der Waals surface area contributed by atoms with Crippen molar-refractivity contribution in [2.45, 2.75) is 19.9 Å². The fourth-order valence-corrected chi connectivity index (χ4v) is 1.68. The normalized spacial score (nSPS) is 19.5. The zero-order valence-corrected chi connectivity index (χ0v) is 9.83. The quantitative estimate of drug-likeness (QED) is 0.711. The predicted molar refractivity (Wildman–Crippen MR) is 64.9 cm³/mol. The van der Waals surface area contributed by atoms with Crippen molar-refractivity contribution in [1.29, 1.82) is 0 Å². The first kappa shape index (κ1) is 11.4. The number of aryl methyl sites for hydroxylation is 2. The molecule has 0 aromatic heterocycles. The van der Waals surface area contributed by atoms with Crippen molar-refractivity contribution in [1.82, 2.24) is 10.6 Å². The number of nitrogens with one attached hydrogen (secondary N) is 3. The zero-order chi connectivity index (χ0) is 12.4. The highest BCUT2D eigenvalue weighted by Crippen LogP contribution is 2.15. The lowest BCUT2D eigenvalue weighted by molar-refractivity contribution is -0.121. The van der Waals surface area contributed by atoms with Crippen LogP contribution >= 0.6 is 0 Å². The molecule has 2 rings (SSSR count). The van der Waals surface area contributed by atoms with E-state index in [4.69, 9.17) is 0 Å². The highest BCUT2D eigenvalue weighted by molar-refractivity contribution is 6.00.